The second kappa shape index (κ2) is 4.76. The Labute approximate surface area is 121 Å². The van der Waals surface area contributed by atoms with E-state index in [0.29, 0.717) is 10.4 Å². The Morgan fingerprint density at radius 2 is 1.70 bits per heavy atom. The normalized spacial score (nSPS) is 10.9. The third kappa shape index (κ3) is 1.91. The van der Waals surface area contributed by atoms with Crippen molar-refractivity contribution in [3.63, 3.8) is 0 Å². The van der Waals surface area contributed by atoms with Crippen LogP contribution in [0.4, 0.5) is 0 Å². The van der Waals surface area contributed by atoms with Crippen LogP contribution in [0.2, 0.25) is 5.02 Å². The summed E-state index contributed by atoms with van der Waals surface area (Å²) in [4.78, 5) is 12.6. The summed E-state index contributed by atoms with van der Waals surface area (Å²) in [5, 5.41) is 6.59. The largest absolute Gasteiger partial charge is 0.279 e. The van der Waals surface area contributed by atoms with Gasteiger partial charge in [-0.3, -0.25) is 4.79 Å². The zero-order valence-corrected chi connectivity index (χ0v) is 12.0. The summed E-state index contributed by atoms with van der Waals surface area (Å²) in [6.07, 6.45) is 0. The number of benzene rings is 2. The number of hydrogen-bond donors (Lipinski definition) is 0. The van der Waals surface area contributed by atoms with Gasteiger partial charge in [0.15, 0.2) is 0 Å². The summed E-state index contributed by atoms with van der Waals surface area (Å²) in [6.45, 7) is 3.79. The van der Waals surface area contributed by atoms with Crippen molar-refractivity contribution in [2.45, 2.75) is 13.8 Å². The molecule has 0 aliphatic rings. The van der Waals surface area contributed by atoms with Crippen molar-refractivity contribution in [3.8, 4) is 5.69 Å². The minimum atomic E-state index is -0.128. The molecule has 100 valence electrons. The van der Waals surface area contributed by atoms with Crippen LogP contribution in [0.3, 0.4) is 0 Å². The lowest BCUT2D eigenvalue weighted by molar-refractivity contribution is 0.796. The van der Waals surface area contributed by atoms with Crippen molar-refractivity contribution in [3.05, 3.63) is 69.1 Å². The number of hydrogen-bond acceptors (Lipinski definition) is 2. The first-order valence-electron chi connectivity index (χ1n) is 6.34. The van der Waals surface area contributed by atoms with E-state index in [9.17, 15) is 4.79 Å². The van der Waals surface area contributed by atoms with Crippen LogP contribution in [-0.4, -0.2) is 9.78 Å². The van der Waals surface area contributed by atoms with Gasteiger partial charge in [0.25, 0.3) is 5.56 Å². The van der Waals surface area contributed by atoms with Crippen molar-refractivity contribution in [2.24, 2.45) is 0 Å². The summed E-state index contributed by atoms with van der Waals surface area (Å²) >= 11 is 6.13. The molecule has 0 saturated carbocycles. The number of fused-ring (bicyclic) bond motifs is 1. The third-order valence-electron chi connectivity index (χ3n) is 3.46. The maximum Gasteiger partial charge on any atom is 0.279 e. The van der Waals surface area contributed by atoms with E-state index in [1.807, 2.05) is 50.2 Å². The molecule has 0 bridgehead atoms. The monoisotopic (exact) mass is 284 g/mol. The molecule has 0 radical (unpaired) electrons. The van der Waals surface area contributed by atoms with Crippen LogP contribution in [0.15, 0.2) is 47.3 Å². The van der Waals surface area contributed by atoms with E-state index in [2.05, 4.69) is 5.10 Å². The van der Waals surface area contributed by atoms with Gasteiger partial charge in [-0.15, -0.1) is 0 Å². The topological polar surface area (TPSA) is 34.9 Å². The molecule has 0 saturated heterocycles. The lowest BCUT2D eigenvalue weighted by atomic mass is 10.1. The zero-order valence-electron chi connectivity index (χ0n) is 11.2. The predicted octanol–water partition coefficient (Wildman–Crippen LogP) is 3.66. The van der Waals surface area contributed by atoms with Gasteiger partial charge in [0.05, 0.1) is 16.8 Å². The molecule has 1 heterocycles. The summed E-state index contributed by atoms with van der Waals surface area (Å²) in [6, 6.07) is 13.0. The summed E-state index contributed by atoms with van der Waals surface area (Å²) < 4.78 is 1.43. The zero-order chi connectivity index (χ0) is 14.3. The predicted molar refractivity (Wildman–Crippen MR) is 81.8 cm³/mol. The SMILES string of the molecule is Cc1c(Cl)cccc1-n1nc(C)c2ccccc2c1=O. The third-order valence-corrected chi connectivity index (χ3v) is 3.87. The van der Waals surface area contributed by atoms with Crippen LogP contribution in [0.1, 0.15) is 11.3 Å². The number of halogens is 1. The number of aryl methyl sites for hydroxylation is 1. The van der Waals surface area contributed by atoms with Crippen LogP contribution in [-0.2, 0) is 0 Å². The van der Waals surface area contributed by atoms with Gasteiger partial charge >= 0.3 is 0 Å². The van der Waals surface area contributed by atoms with Gasteiger partial charge in [0.1, 0.15) is 0 Å². The van der Waals surface area contributed by atoms with Gasteiger partial charge in [0.2, 0.25) is 0 Å². The molecule has 3 rings (SSSR count). The average molecular weight is 285 g/mol. The van der Waals surface area contributed by atoms with E-state index in [4.69, 9.17) is 11.6 Å². The van der Waals surface area contributed by atoms with E-state index < -0.39 is 0 Å². The molecule has 0 N–H and O–H groups in total. The summed E-state index contributed by atoms with van der Waals surface area (Å²) in [7, 11) is 0. The van der Waals surface area contributed by atoms with E-state index in [0.717, 1.165) is 22.3 Å². The molecule has 3 nitrogen and oxygen atoms in total. The number of aromatic nitrogens is 2. The molecule has 2 aromatic carbocycles. The quantitative estimate of drug-likeness (QED) is 0.683. The highest BCUT2D eigenvalue weighted by Gasteiger charge is 2.11. The molecule has 0 aliphatic carbocycles. The Morgan fingerprint density at radius 3 is 2.45 bits per heavy atom. The molecule has 1 aromatic heterocycles. The first-order chi connectivity index (χ1) is 9.59. The van der Waals surface area contributed by atoms with Crippen molar-refractivity contribution < 1.29 is 0 Å². The molecule has 3 aromatic rings. The van der Waals surface area contributed by atoms with Gasteiger partial charge < -0.3 is 0 Å². The van der Waals surface area contributed by atoms with Crippen LogP contribution in [0.5, 0.6) is 0 Å². The highest BCUT2D eigenvalue weighted by molar-refractivity contribution is 6.31. The van der Waals surface area contributed by atoms with Crippen LogP contribution in [0.25, 0.3) is 16.5 Å². The second-order valence-electron chi connectivity index (χ2n) is 4.73. The lowest BCUT2D eigenvalue weighted by Gasteiger charge is -2.11. The highest BCUT2D eigenvalue weighted by atomic mass is 35.5. The van der Waals surface area contributed by atoms with Crippen LogP contribution in [0, 0.1) is 13.8 Å². The Balaban J connectivity index is 2.41. The summed E-state index contributed by atoms with van der Waals surface area (Å²) in [5.74, 6) is 0. The molecule has 0 aliphatic heterocycles. The van der Waals surface area contributed by atoms with Gasteiger partial charge in [-0.25, -0.2) is 0 Å². The van der Waals surface area contributed by atoms with Crippen molar-refractivity contribution in [1.29, 1.82) is 0 Å². The Bertz CT molecular complexity index is 868. The van der Waals surface area contributed by atoms with Gasteiger partial charge in [-0.2, -0.15) is 9.78 Å². The first kappa shape index (κ1) is 12.9. The number of nitrogens with zero attached hydrogens (tertiary/aromatic N) is 2. The second-order valence-corrected chi connectivity index (χ2v) is 5.14. The molecule has 4 heteroatoms. The summed E-state index contributed by atoms with van der Waals surface area (Å²) in [5.41, 5.74) is 2.26. The maximum atomic E-state index is 12.6. The highest BCUT2D eigenvalue weighted by Crippen LogP contribution is 2.21. The average Bonchev–Trinajstić information content (AvgIpc) is 2.46. The van der Waals surface area contributed by atoms with E-state index in [-0.39, 0.29) is 5.56 Å². The molecular weight excluding hydrogens is 272 g/mol. The van der Waals surface area contributed by atoms with E-state index >= 15 is 0 Å². The standard InChI is InChI=1S/C16H13ClN2O/c1-10-14(17)8-5-9-15(10)19-16(20)13-7-4-3-6-12(13)11(2)18-19/h3-9H,1-2H3. The van der Waals surface area contributed by atoms with Crippen LogP contribution >= 0.6 is 11.6 Å². The van der Waals surface area contributed by atoms with E-state index in [1.165, 1.54) is 4.68 Å². The minimum Gasteiger partial charge on any atom is -0.267 e. The smallest absolute Gasteiger partial charge is 0.267 e. The fourth-order valence-electron chi connectivity index (χ4n) is 2.34. The van der Waals surface area contributed by atoms with E-state index in [1.54, 1.807) is 6.07 Å². The van der Waals surface area contributed by atoms with Crippen LogP contribution < -0.4 is 5.56 Å². The fraction of sp³-hybridized carbons (Fsp3) is 0.125. The molecule has 20 heavy (non-hydrogen) atoms. The molecule has 0 amide bonds. The van der Waals surface area contributed by atoms with Crippen molar-refractivity contribution in [1.82, 2.24) is 9.78 Å². The Hall–Kier alpha value is -2.13. The first-order valence-corrected chi connectivity index (χ1v) is 6.71. The molecule has 0 unspecified atom stereocenters. The van der Waals surface area contributed by atoms with Crippen molar-refractivity contribution >= 4 is 22.4 Å². The van der Waals surface area contributed by atoms with Gasteiger partial charge in [0, 0.05) is 10.4 Å². The Kier molecular flexibility index (Phi) is 3.07. The molecule has 0 fully saturated rings. The minimum absolute atomic E-state index is 0.128. The van der Waals surface area contributed by atoms with Gasteiger partial charge in [-0.05, 0) is 37.6 Å². The Morgan fingerprint density at radius 1 is 1.00 bits per heavy atom. The van der Waals surface area contributed by atoms with Gasteiger partial charge in [-0.1, -0.05) is 35.9 Å². The maximum absolute atomic E-state index is 12.6. The fourth-order valence-corrected chi connectivity index (χ4v) is 2.51. The molecular formula is C16H13ClN2O. The molecule has 0 spiro atoms. The number of rotatable bonds is 1. The lowest BCUT2D eigenvalue weighted by Crippen LogP contribution is -2.23. The molecule has 0 atom stereocenters. The van der Waals surface area contributed by atoms with Crippen molar-refractivity contribution in [2.75, 3.05) is 0 Å².